The molecule has 12 rings (SSSR count). The fourth-order valence-electron chi connectivity index (χ4n) is 14.1. The maximum atomic E-state index is 13.7. The third-order valence-corrected chi connectivity index (χ3v) is 20.9. The van der Waals surface area contributed by atoms with Gasteiger partial charge in [-0.15, -0.1) is 10.2 Å². The van der Waals surface area contributed by atoms with Gasteiger partial charge in [-0.2, -0.15) is 14.5 Å². The van der Waals surface area contributed by atoms with E-state index in [1.165, 1.54) is 17.3 Å². The summed E-state index contributed by atoms with van der Waals surface area (Å²) >= 11 is 15.2. The van der Waals surface area contributed by atoms with Crippen LogP contribution in [0.2, 0.25) is 0 Å². The number of rotatable bonds is 13. The van der Waals surface area contributed by atoms with Crippen LogP contribution in [0.4, 0.5) is 55.0 Å². The average Bonchev–Trinajstić information content (AvgIpc) is 1.57. The molecular weight excluding hydrogens is 2040 g/mol. The van der Waals surface area contributed by atoms with E-state index in [9.17, 15) is 51.9 Å². The van der Waals surface area contributed by atoms with E-state index in [2.05, 4.69) is 156 Å². The van der Waals surface area contributed by atoms with Crippen molar-refractivity contribution in [3.8, 4) is 0 Å². The van der Waals surface area contributed by atoms with Gasteiger partial charge >= 0.3 is 35.7 Å². The van der Waals surface area contributed by atoms with Crippen molar-refractivity contribution >= 4 is 158 Å². The number of piperazine rings is 3. The average molecular weight is 2170 g/mol. The van der Waals surface area contributed by atoms with Gasteiger partial charge in [0.2, 0.25) is 0 Å². The molecule has 9 amide bonds. The van der Waals surface area contributed by atoms with Crippen molar-refractivity contribution in [3.05, 3.63) is 124 Å². The monoisotopic (exact) mass is 2170 g/mol. The minimum atomic E-state index is -0.915. The maximum absolute atomic E-state index is 13.7. The largest absolute Gasteiger partial charge is 0.448 e. The van der Waals surface area contributed by atoms with Crippen LogP contribution in [0.5, 0.6) is 0 Å². The van der Waals surface area contributed by atoms with Gasteiger partial charge in [-0.3, -0.25) is 52.9 Å². The molecule has 0 unspecified atom stereocenters. The van der Waals surface area contributed by atoms with Gasteiger partial charge in [0.25, 0.3) is 17.7 Å². The van der Waals surface area contributed by atoms with Crippen LogP contribution >= 0.6 is 87.4 Å². The molecule has 1 radical (unpaired) electrons. The topological polar surface area (TPSA) is 367 Å². The summed E-state index contributed by atoms with van der Waals surface area (Å²) in [6.45, 7) is 37.8. The van der Waals surface area contributed by atoms with Gasteiger partial charge in [0.15, 0.2) is 17.5 Å². The zero-order valence-corrected chi connectivity index (χ0v) is 80.8. The molecule has 0 saturated carbocycles. The number of fused-ring (bicyclic) bond motifs is 3. The Labute approximate surface area is 779 Å². The predicted molar refractivity (Wildman–Crippen MR) is 496 cm³/mol. The number of aromatic nitrogens is 9. The Morgan fingerprint density at radius 2 is 0.943 bits per heavy atom. The van der Waals surface area contributed by atoms with E-state index in [1.54, 1.807) is 98.3 Å². The molecule has 6 atom stereocenters. The number of carbonyl (C=O) groups excluding carboxylic acids is 9. The Hall–Kier alpha value is -7.01. The van der Waals surface area contributed by atoms with E-state index < -0.39 is 51.6 Å². The molecule has 122 heavy (non-hydrogen) atoms. The number of carbonyl (C=O) groups is 9. The normalized spacial score (nSPS) is 19.0. The number of nitrogens with zero attached hydrogens (tertiary/aromatic N) is 15. The van der Waals surface area contributed by atoms with Crippen molar-refractivity contribution in [1.82, 2.24) is 89.6 Å². The number of nitrogens with one attached hydrogen (secondary N) is 6. The summed E-state index contributed by atoms with van der Waals surface area (Å²) in [5.41, 5.74) is 1.61. The summed E-state index contributed by atoms with van der Waals surface area (Å²) in [7, 11) is 0. The molecule has 679 valence electrons. The summed E-state index contributed by atoms with van der Waals surface area (Å²) in [5, 5.41) is 31.0. The van der Waals surface area contributed by atoms with Gasteiger partial charge in [-0.25, -0.2) is 24.0 Å². The summed E-state index contributed by atoms with van der Waals surface area (Å²) < 4.78 is 41.4. The van der Waals surface area contributed by atoms with E-state index >= 15 is 0 Å². The van der Waals surface area contributed by atoms with E-state index in [1.807, 2.05) is 95.8 Å². The van der Waals surface area contributed by atoms with Crippen molar-refractivity contribution in [1.29, 1.82) is 0 Å². The summed E-state index contributed by atoms with van der Waals surface area (Å²) in [6, 6.07) is 15.8. The molecule has 0 aliphatic carbocycles. The smallest absolute Gasteiger partial charge is 0.435 e. The summed E-state index contributed by atoms with van der Waals surface area (Å²) in [6.07, 6.45) is 4.16. The Morgan fingerprint density at radius 3 is 1.34 bits per heavy atom. The molecule has 33 nitrogen and oxygen atoms in total. The minimum absolute atomic E-state index is 0. The molecule has 6 aliphatic heterocycles. The molecule has 3 fully saturated rings. The molecule has 6 aromatic heterocycles. The Kier molecular flexibility index (Phi) is 46.4. The van der Waals surface area contributed by atoms with Crippen LogP contribution in [0.1, 0.15) is 218 Å². The van der Waals surface area contributed by atoms with Gasteiger partial charge in [0.05, 0.1) is 79.9 Å². The second-order valence-corrected chi connectivity index (χ2v) is 32.1. The van der Waals surface area contributed by atoms with Gasteiger partial charge in [-0.1, -0.05) is 79.0 Å². The number of ether oxygens (including phenoxy) is 3. The molecule has 6 aliphatic rings. The number of hydrogen-bond donors (Lipinski definition) is 6. The zero-order chi connectivity index (χ0) is 87.9. The number of pyridine rings is 3. The quantitative estimate of drug-likeness (QED) is 0.0206. The van der Waals surface area contributed by atoms with Crippen LogP contribution in [0.3, 0.4) is 0 Å². The van der Waals surface area contributed by atoms with E-state index in [-0.39, 0.29) is 158 Å². The first kappa shape index (κ1) is 111. The van der Waals surface area contributed by atoms with Crippen LogP contribution in [-0.4, -0.2) is 257 Å². The second kappa shape index (κ2) is 51.0. The van der Waals surface area contributed by atoms with Gasteiger partial charge < -0.3 is 70.2 Å². The number of anilines is 3. The Bertz CT molecular complexity index is 4370. The molecule has 12 heterocycles. The molecule has 41 heteroatoms. The van der Waals surface area contributed by atoms with Gasteiger partial charge in [-0.05, 0) is 183 Å². The molecule has 6 N–H and O–H groups in total. The van der Waals surface area contributed by atoms with E-state index in [0.717, 1.165) is 45.6 Å². The first-order valence-electron chi connectivity index (χ1n) is 38.7. The third-order valence-electron chi connectivity index (χ3n) is 20.1. The van der Waals surface area contributed by atoms with Crippen molar-refractivity contribution in [2.45, 2.75) is 231 Å². The maximum Gasteiger partial charge on any atom is 0.435 e. The van der Waals surface area contributed by atoms with Crippen molar-refractivity contribution in [2.75, 3.05) is 98.6 Å². The zero-order valence-electron chi connectivity index (χ0n) is 70.6. The fraction of sp³-hybridized carbons (Fsp3) is 0.593. The predicted octanol–water partition coefficient (Wildman–Crippen LogP) is 16.4. The number of H-pyrrole nitrogens is 1. The third kappa shape index (κ3) is 28.0. The number of hydrogen-bond acceptors (Lipinski definition) is 21. The van der Waals surface area contributed by atoms with Crippen LogP contribution < -0.4 is 26.6 Å². The first-order valence-corrected chi connectivity index (χ1v) is 48.7. The molecule has 3 saturated heterocycles. The summed E-state index contributed by atoms with van der Waals surface area (Å²) in [4.78, 5) is 141. The van der Waals surface area contributed by atoms with Crippen LogP contribution in [-0.2, 0) is 69.0 Å². The number of aromatic amines is 1. The van der Waals surface area contributed by atoms with Crippen molar-refractivity contribution < 1.29 is 84.7 Å². The first-order chi connectivity index (χ1) is 55.9. The number of halogens is 7. The summed E-state index contributed by atoms with van der Waals surface area (Å²) in [5.74, 6) is -0.503. The van der Waals surface area contributed by atoms with Gasteiger partial charge in [0.1, 0.15) is 22.7 Å². The molecule has 0 aromatic carbocycles. The van der Waals surface area contributed by atoms with Gasteiger partial charge in [0, 0.05) is 178 Å². The SMILES string of the molecule is C.C.C.CCOC(=O)n1nc(NC(=O)c2ccccn2)c2c1C(C)(C)N(C(=O)Cl)C2.CCOC(=O)n1nc(NC(=O)c2ccccn2)c2c1C(C)(C)N(C(=O)N1C[C@@H](C)NC[C@@H]1C)C2.CI.C[C@@H]1CN(C(=O)N2Cc3c(NC(=O)c4ccccn4)n[nH]c3C2(C)C)[C@@H](C)CN1CCCF.C[C@@H]1CN[C@@H](C)CN1C(=O)OC(C)(C)C.FCCCBr.II.[V]. The Morgan fingerprint density at radius 1 is 0.549 bits per heavy atom. The molecule has 6 aromatic rings. The molecule has 0 spiro atoms. The van der Waals surface area contributed by atoms with E-state index in [0.29, 0.717) is 85.6 Å². The standard InChI is InChI=1S/C23H32FN7O2.C23H31N7O4.C17H18ClN5O4.C11H22N2O2.C3H6BrF.CH3I.3CH4.I2.V/c1-15-13-30(16(2)12-29(15)11-7-9-24)22(33)31-14-17-19(23(31,3)4)27-28-20(17)26-21(32)18-8-5-6-10-25-18;1-6-34-22(33)30-18-16(19(27-30)26-20(31)17-9-7-8-10-24-17)13-29(23(18,4)5)21(32)28-12-14(2)25-11-15(28)3;1-4-27-16(26)23-12-10(9-22(15(18)25)17(12,2)3)13(21-23)20-14(24)11-7-5-6-8-19-11;1-8-7-13(9(2)6-12-8)10(14)15-11(3,4)5;4-2-1-3-5;1-2;;;;1-2;/h5-6,8,10,15-16H,7,9,11-14H2,1-4H3,(H2,26,27,28,32);7-10,14-15,25H,6,11-13H2,1-5H3,(H,26,27,31);5-8H,4,9H2,1-3H3,(H,20,21,24);8-9,12H,6-7H2,1-5H3;1-3H2;1H3;3*1H4;;/t15-,16+;14-,15+;;8-,9+;;;;;;;/m11.0......./s1. The van der Waals surface area contributed by atoms with Crippen molar-refractivity contribution in [3.63, 3.8) is 0 Å². The molecular formula is C81H124BrClF2I3N21O12V. The fourth-order valence-corrected chi connectivity index (χ4v) is 14.5. The number of urea groups is 2. The number of alkyl halides is 4. The molecule has 0 bridgehead atoms. The van der Waals surface area contributed by atoms with Crippen LogP contribution in [0, 0.1) is 0 Å². The van der Waals surface area contributed by atoms with Crippen LogP contribution in [0.15, 0.2) is 73.2 Å². The second-order valence-electron chi connectivity index (χ2n) is 31.0. The van der Waals surface area contributed by atoms with E-state index in [4.69, 9.17) is 25.8 Å². The number of amides is 9. The Balaban J connectivity index is 0.000000542. The minimum Gasteiger partial charge on any atom is -0.448 e. The van der Waals surface area contributed by atoms with Crippen molar-refractivity contribution in [2.24, 2.45) is 0 Å². The van der Waals surface area contributed by atoms with Crippen LogP contribution in [0.25, 0.3) is 0 Å².